The molecule has 2 aromatic heterocycles. The summed E-state index contributed by atoms with van der Waals surface area (Å²) in [5.74, 6) is 0.872. The van der Waals surface area contributed by atoms with Gasteiger partial charge in [-0.3, -0.25) is 4.79 Å². The van der Waals surface area contributed by atoms with Crippen LogP contribution < -0.4 is 0 Å². The number of hydrogen-bond donors (Lipinski definition) is 0. The predicted molar refractivity (Wildman–Crippen MR) is 111 cm³/mol. The second kappa shape index (κ2) is 7.61. The number of amides is 1. The quantitative estimate of drug-likeness (QED) is 0.756. The number of piperidine rings is 1. The van der Waals surface area contributed by atoms with Crippen LogP contribution in [0.1, 0.15) is 74.1 Å². The number of carbonyl (C=O) groups excluding carboxylic acids is 1. The molecule has 0 unspecified atom stereocenters. The minimum Gasteiger partial charge on any atom is -0.350 e. The fraction of sp³-hybridized carbons (Fsp3) is 0.696. The second-order valence-electron chi connectivity index (χ2n) is 10.2. The Balaban J connectivity index is 1.43. The van der Waals surface area contributed by atoms with E-state index in [2.05, 4.69) is 25.9 Å². The monoisotopic (exact) mass is 413 g/mol. The van der Waals surface area contributed by atoms with Gasteiger partial charge < -0.3 is 18.9 Å². The molecule has 162 valence electrons. The maximum atomic E-state index is 13.6. The van der Waals surface area contributed by atoms with Crippen molar-refractivity contribution in [3.63, 3.8) is 0 Å². The first-order chi connectivity index (χ1) is 14.4. The van der Waals surface area contributed by atoms with Crippen LogP contribution in [-0.4, -0.2) is 53.5 Å². The highest BCUT2D eigenvalue weighted by Gasteiger charge is 2.34. The van der Waals surface area contributed by atoms with Gasteiger partial charge in [-0.1, -0.05) is 25.9 Å². The molecule has 7 nitrogen and oxygen atoms in total. The van der Waals surface area contributed by atoms with Gasteiger partial charge in [-0.25, -0.2) is 4.98 Å². The second-order valence-corrected chi connectivity index (χ2v) is 10.2. The molecule has 0 radical (unpaired) electrons. The van der Waals surface area contributed by atoms with E-state index in [1.165, 1.54) is 0 Å². The maximum absolute atomic E-state index is 13.6. The standard InChI is InChI=1S/C23H31N3O4/c1-23(2,3)13-18-19-16(12-17(14-4-5-14)24-20(19)30-25-18)21(27)26-8-6-15(7-9-26)22-28-10-11-29-22/h12,14-15,22H,4-11,13H2,1-3H3. The Morgan fingerprint density at radius 2 is 1.83 bits per heavy atom. The van der Waals surface area contributed by atoms with Gasteiger partial charge >= 0.3 is 0 Å². The first kappa shape index (κ1) is 19.9. The molecule has 2 saturated heterocycles. The fourth-order valence-corrected chi connectivity index (χ4v) is 4.60. The van der Waals surface area contributed by atoms with Crippen molar-refractivity contribution >= 4 is 17.0 Å². The van der Waals surface area contributed by atoms with E-state index in [0.717, 1.165) is 62.0 Å². The Morgan fingerprint density at radius 1 is 1.13 bits per heavy atom. The Bertz CT molecular complexity index is 930. The van der Waals surface area contributed by atoms with Gasteiger partial charge in [0.2, 0.25) is 0 Å². The van der Waals surface area contributed by atoms with E-state index in [0.29, 0.717) is 36.3 Å². The smallest absolute Gasteiger partial charge is 0.259 e. The molecule has 5 rings (SSSR count). The minimum absolute atomic E-state index is 0.0406. The summed E-state index contributed by atoms with van der Waals surface area (Å²) in [7, 11) is 0. The van der Waals surface area contributed by atoms with Crippen LogP contribution in [0.4, 0.5) is 0 Å². The molecule has 4 heterocycles. The fourth-order valence-electron chi connectivity index (χ4n) is 4.60. The number of ether oxygens (including phenoxy) is 2. The molecule has 30 heavy (non-hydrogen) atoms. The zero-order chi connectivity index (χ0) is 20.9. The van der Waals surface area contributed by atoms with Crippen LogP contribution in [0.5, 0.6) is 0 Å². The van der Waals surface area contributed by atoms with Gasteiger partial charge in [-0.05, 0) is 43.6 Å². The number of hydrogen-bond acceptors (Lipinski definition) is 6. The van der Waals surface area contributed by atoms with Crippen molar-refractivity contribution in [3.05, 3.63) is 23.0 Å². The number of fused-ring (bicyclic) bond motifs is 1. The third-order valence-electron chi connectivity index (χ3n) is 6.32. The SMILES string of the molecule is CC(C)(C)Cc1noc2nc(C3CC3)cc(C(=O)N3CCC(C4OCCO4)CC3)c12. The summed E-state index contributed by atoms with van der Waals surface area (Å²) in [5, 5.41) is 5.11. The molecule has 0 spiro atoms. The van der Waals surface area contributed by atoms with E-state index in [9.17, 15) is 4.79 Å². The molecule has 0 bridgehead atoms. The average molecular weight is 414 g/mol. The molecule has 1 amide bonds. The van der Waals surface area contributed by atoms with Gasteiger partial charge in [0.15, 0.2) is 6.29 Å². The molecular weight excluding hydrogens is 382 g/mol. The average Bonchev–Trinajstić information content (AvgIpc) is 3.28. The van der Waals surface area contributed by atoms with Crippen molar-refractivity contribution in [1.82, 2.24) is 15.0 Å². The summed E-state index contributed by atoms with van der Waals surface area (Å²) in [6.07, 6.45) is 4.69. The van der Waals surface area contributed by atoms with Crippen molar-refractivity contribution in [2.45, 2.75) is 65.1 Å². The number of carbonyl (C=O) groups is 1. The van der Waals surface area contributed by atoms with Crippen molar-refractivity contribution in [1.29, 1.82) is 0 Å². The number of rotatable bonds is 4. The van der Waals surface area contributed by atoms with Crippen LogP contribution in [0.25, 0.3) is 11.1 Å². The minimum atomic E-state index is -0.104. The molecule has 1 saturated carbocycles. The number of pyridine rings is 1. The van der Waals surface area contributed by atoms with Gasteiger partial charge in [0.05, 0.1) is 29.9 Å². The molecular formula is C23H31N3O4. The van der Waals surface area contributed by atoms with Gasteiger partial charge in [0.1, 0.15) is 0 Å². The summed E-state index contributed by atoms with van der Waals surface area (Å²) in [4.78, 5) is 20.3. The molecule has 0 atom stereocenters. The topological polar surface area (TPSA) is 77.7 Å². The summed E-state index contributed by atoms with van der Waals surface area (Å²) in [6, 6.07) is 2.00. The number of nitrogens with zero attached hydrogens (tertiary/aromatic N) is 3. The van der Waals surface area contributed by atoms with Crippen molar-refractivity contribution in [3.8, 4) is 0 Å². The maximum Gasteiger partial charge on any atom is 0.259 e. The Labute approximate surface area is 177 Å². The van der Waals surface area contributed by atoms with Gasteiger partial charge in [-0.15, -0.1) is 0 Å². The third kappa shape index (κ3) is 3.97. The Hall–Kier alpha value is -1.99. The largest absolute Gasteiger partial charge is 0.350 e. The van der Waals surface area contributed by atoms with E-state index in [1.807, 2.05) is 11.0 Å². The van der Waals surface area contributed by atoms with E-state index < -0.39 is 0 Å². The first-order valence-corrected chi connectivity index (χ1v) is 11.2. The number of likely N-dealkylation sites (tertiary alicyclic amines) is 1. The van der Waals surface area contributed by atoms with Gasteiger partial charge in [-0.2, -0.15) is 0 Å². The summed E-state index contributed by atoms with van der Waals surface area (Å²) in [6.45, 7) is 9.28. The lowest BCUT2D eigenvalue weighted by Gasteiger charge is -2.34. The lowest BCUT2D eigenvalue weighted by atomic mass is 9.89. The van der Waals surface area contributed by atoms with Crippen molar-refractivity contribution < 1.29 is 18.8 Å². The molecule has 2 aromatic rings. The summed E-state index contributed by atoms with van der Waals surface area (Å²) in [5.41, 5.74) is 3.04. The third-order valence-corrected chi connectivity index (χ3v) is 6.32. The first-order valence-electron chi connectivity index (χ1n) is 11.2. The highest BCUT2D eigenvalue weighted by molar-refractivity contribution is 6.06. The zero-order valence-electron chi connectivity index (χ0n) is 18.1. The van der Waals surface area contributed by atoms with Crippen LogP contribution in [-0.2, 0) is 15.9 Å². The molecule has 7 heteroatoms. The lowest BCUT2D eigenvalue weighted by molar-refractivity contribution is -0.0956. The Morgan fingerprint density at radius 3 is 2.47 bits per heavy atom. The summed E-state index contributed by atoms with van der Waals surface area (Å²) < 4.78 is 17.0. The molecule has 3 aliphatic rings. The van der Waals surface area contributed by atoms with Crippen molar-refractivity contribution in [2.24, 2.45) is 11.3 Å². The molecule has 3 fully saturated rings. The van der Waals surface area contributed by atoms with E-state index >= 15 is 0 Å². The molecule has 2 aliphatic heterocycles. The summed E-state index contributed by atoms with van der Waals surface area (Å²) >= 11 is 0. The molecule has 1 aliphatic carbocycles. The van der Waals surface area contributed by atoms with Crippen LogP contribution in [0.3, 0.4) is 0 Å². The van der Waals surface area contributed by atoms with E-state index in [-0.39, 0.29) is 17.6 Å². The van der Waals surface area contributed by atoms with E-state index in [4.69, 9.17) is 19.0 Å². The van der Waals surface area contributed by atoms with Crippen LogP contribution >= 0.6 is 0 Å². The van der Waals surface area contributed by atoms with Crippen LogP contribution in [0.15, 0.2) is 10.6 Å². The van der Waals surface area contributed by atoms with Gasteiger partial charge in [0.25, 0.3) is 11.6 Å². The predicted octanol–water partition coefficient (Wildman–Crippen LogP) is 3.91. The normalized spacial score (nSPS) is 21.6. The van der Waals surface area contributed by atoms with Gasteiger partial charge in [0, 0.05) is 30.6 Å². The number of aromatic nitrogens is 2. The zero-order valence-corrected chi connectivity index (χ0v) is 18.1. The Kier molecular flexibility index (Phi) is 5.06. The molecule has 0 N–H and O–H groups in total. The highest BCUT2D eigenvalue weighted by Crippen LogP contribution is 2.41. The lowest BCUT2D eigenvalue weighted by Crippen LogP contribution is -2.41. The molecule has 0 aromatic carbocycles. The van der Waals surface area contributed by atoms with Crippen LogP contribution in [0, 0.1) is 11.3 Å². The van der Waals surface area contributed by atoms with Crippen molar-refractivity contribution in [2.75, 3.05) is 26.3 Å². The van der Waals surface area contributed by atoms with E-state index in [1.54, 1.807) is 0 Å². The van der Waals surface area contributed by atoms with Crippen LogP contribution in [0.2, 0.25) is 0 Å². The highest BCUT2D eigenvalue weighted by atomic mass is 16.7.